The molecule has 0 radical (unpaired) electrons. The monoisotopic (exact) mass is 519 g/mol. The first-order chi connectivity index (χ1) is 17.9. The summed E-state index contributed by atoms with van der Waals surface area (Å²) in [5, 5.41) is 11.9. The van der Waals surface area contributed by atoms with Crippen LogP contribution >= 0.6 is 11.6 Å². The van der Waals surface area contributed by atoms with Crippen LogP contribution in [0.2, 0.25) is 5.02 Å². The molecule has 1 saturated carbocycles. The van der Waals surface area contributed by atoms with Gasteiger partial charge in [0.2, 0.25) is 0 Å². The van der Waals surface area contributed by atoms with Gasteiger partial charge in [-0.25, -0.2) is 4.98 Å². The summed E-state index contributed by atoms with van der Waals surface area (Å²) in [5.74, 6) is 2.73. The molecule has 1 aliphatic carbocycles. The number of halogens is 1. The Labute approximate surface area is 223 Å². The summed E-state index contributed by atoms with van der Waals surface area (Å²) in [4.78, 5) is 20.9. The molecule has 0 atom stereocenters. The Morgan fingerprint density at radius 3 is 2.86 bits per heavy atom. The zero-order chi connectivity index (χ0) is 26.0. The highest BCUT2D eigenvalue weighted by atomic mass is 35.5. The standard InChI is InChI=1S/C27H34ClN9/c1-5-37-16-21(28)25(35-37)34-23-12-18(8-9-31-23)13-32-26(36-11-10-33-27(2,3)17-36)24-20(19-6-7-19)14-30-15-22(24)29-4/h8-9,12,14-16,19,33H,4-7,10-11,13,17H2,1-3H3,(H,31,34,35). The fraction of sp³-hybridized carbons (Fsp3) is 0.444. The number of aromatic nitrogens is 4. The van der Waals surface area contributed by atoms with Crippen LogP contribution in [0.4, 0.5) is 17.3 Å². The van der Waals surface area contributed by atoms with Gasteiger partial charge in [0.15, 0.2) is 5.82 Å². The Balaban J connectivity index is 1.48. The number of piperazine rings is 1. The first-order valence-corrected chi connectivity index (χ1v) is 13.2. The topological polar surface area (TPSA) is 95.6 Å². The van der Waals surface area contributed by atoms with Crippen molar-refractivity contribution in [1.29, 1.82) is 0 Å². The van der Waals surface area contributed by atoms with E-state index >= 15 is 0 Å². The number of hydrogen-bond donors (Lipinski definition) is 2. The second kappa shape index (κ2) is 10.6. The van der Waals surface area contributed by atoms with Crippen molar-refractivity contribution in [3.8, 4) is 0 Å². The highest BCUT2D eigenvalue weighted by molar-refractivity contribution is 6.33. The lowest BCUT2D eigenvalue weighted by atomic mass is 9.98. The van der Waals surface area contributed by atoms with E-state index in [0.717, 1.165) is 48.8 Å². The van der Waals surface area contributed by atoms with Crippen LogP contribution in [-0.2, 0) is 13.1 Å². The molecular formula is C27H34ClN9. The quantitative estimate of drug-likeness (QED) is 0.323. The molecule has 0 bridgehead atoms. The number of nitrogens with one attached hydrogen (secondary N) is 2. The molecule has 1 aliphatic heterocycles. The van der Waals surface area contributed by atoms with Crippen LogP contribution in [0.15, 0.2) is 46.9 Å². The van der Waals surface area contributed by atoms with E-state index in [1.807, 2.05) is 25.3 Å². The zero-order valence-electron chi connectivity index (χ0n) is 21.7. The summed E-state index contributed by atoms with van der Waals surface area (Å²) in [7, 11) is 0. The molecule has 2 N–H and O–H groups in total. The van der Waals surface area contributed by atoms with Crippen molar-refractivity contribution in [1.82, 2.24) is 30.0 Å². The fourth-order valence-corrected chi connectivity index (χ4v) is 4.96. The number of pyridine rings is 2. The third-order valence-electron chi connectivity index (χ3n) is 6.76. The van der Waals surface area contributed by atoms with Crippen LogP contribution in [0.25, 0.3) is 0 Å². The highest BCUT2D eigenvalue weighted by Gasteiger charge is 2.34. The Bertz CT molecular complexity index is 1310. The van der Waals surface area contributed by atoms with E-state index < -0.39 is 0 Å². The molecule has 10 heteroatoms. The lowest BCUT2D eigenvalue weighted by Crippen LogP contribution is -2.58. The van der Waals surface area contributed by atoms with Gasteiger partial charge in [-0.05, 0) is 69.5 Å². The second-order valence-electron chi connectivity index (χ2n) is 10.3. The van der Waals surface area contributed by atoms with Crippen molar-refractivity contribution in [3.63, 3.8) is 0 Å². The number of aliphatic imine (C=N–C) groups is 2. The van der Waals surface area contributed by atoms with E-state index in [1.54, 1.807) is 23.3 Å². The number of rotatable bonds is 8. The van der Waals surface area contributed by atoms with Gasteiger partial charge in [-0.2, -0.15) is 5.10 Å². The van der Waals surface area contributed by atoms with E-state index in [-0.39, 0.29) is 5.54 Å². The molecule has 9 nitrogen and oxygen atoms in total. The summed E-state index contributed by atoms with van der Waals surface area (Å²) in [6, 6.07) is 3.98. The molecule has 2 fully saturated rings. The summed E-state index contributed by atoms with van der Waals surface area (Å²) in [5.41, 5.74) is 4.08. The summed E-state index contributed by atoms with van der Waals surface area (Å²) in [6.45, 7) is 14.2. The molecule has 4 heterocycles. The minimum absolute atomic E-state index is 0.0253. The fourth-order valence-electron chi connectivity index (χ4n) is 4.76. The first-order valence-electron chi connectivity index (χ1n) is 12.8. The molecule has 2 aliphatic rings. The zero-order valence-corrected chi connectivity index (χ0v) is 22.5. The van der Waals surface area contributed by atoms with Gasteiger partial charge in [-0.15, -0.1) is 0 Å². The van der Waals surface area contributed by atoms with Gasteiger partial charge >= 0.3 is 0 Å². The number of amidine groups is 1. The Hall–Kier alpha value is -3.30. The van der Waals surface area contributed by atoms with Crippen LogP contribution in [0.3, 0.4) is 0 Å². The largest absolute Gasteiger partial charge is 0.353 e. The van der Waals surface area contributed by atoms with Crippen LogP contribution < -0.4 is 10.6 Å². The molecule has 37 heavy (non-hydrogen) atoms. The van der Waals surface area contributed by atoms with E-state index in [2.05, 4.69) is 56.2 Å². The molecule has 0 spiro atoms. The van der Waals surface area contributed by atoms with Crippen molar-refractivity contribution < 1.29 is 0 Å². The average molecular weight is 520 g/mol. The third kappa shape index (κ3) is 5.83. The van der Waals surface area contributed by atoms with Gasteiger partial charge in [-0.3, -0.25) is 19.7 Å². The average Bonchev–Trinajstić information content (AvgIpc) is 3.67. The number of hydrogen-bond acceptors (Lipinski definition) is 7. The van der Waals surface area contributed by atoms with Gasteiger partial charge < -0.3 is 15.5 Å². The number of anilines is 2. The van der Waals surface area contributed by atoms with Gasteiger partial charge in [-0.1, -0.05) is 11.6 Å². The summed E-state index contributed by atoms with van der Waals surface area (Å²) in [6.07, 6.45) is 9.71. The SMILES string of the molecule is C=Nc1cncc(C2CC2)c1C(=NCc1ccnc(Nc2nn(CC)cc2Cl)c1)N1CCNC(C)(C)C1. The maximum absolute atomic E-state index is 6.34. The smallest absolute Gasteiger partial charge is 0.172 e. The predicted octanol–water partition coefficient (Wildman–Crippen LogP) is 4.93. The molecule has 194 valence electrons. The maximum atomic E-state index is 6.34. The van der Waals surface area contributed by atoms with Crippen molar-refractivity contribution in [2.24, 2.45) is 9.98 Å². The van der Waals surface area contributed by atoms with Gasteiger partial charge in [0.05, 0.1) is 18.4 Å². The van der Waals surface area contributed by atoms with E-state index in [9.17, 15) is 0 Å². The second-order valence-corrected chi connectivity index (χ2v) is 10.7. The van der Waals surface area contributed by atoms with Gasteiger partial charge in [0.1, 0.15) is 16.7 Å². The van der Waals surface area contributed by atoms with Gasteiger partial charge in [0, 0.05) is 55.9 Å². The van der Waals surface area contributed by atoms with Crippen LogP contribution in [-0.4, -0.2) is 62.4 Å². The van der Waals surface area contributed by atoms with E-state index in [4.69, 9.17) is 16.6 Å². The summed E-state index contributed by atoms with van der Waals surface area (Å²) < 4.78 is 1.79. The molecule has 1 saturated heterocycles. The van der Waals surface area contributed by atoms with Crippen molar-refractivity contribution in [2.75, 3.05) is 25.0 Å². The van der Waals surface area contributed by atoms with Crippen LogP contribution in [0, 0.1) is 0 Å². The number of nitrogens with zero attached hydrogens (tertiary/aromatic N) is 7. The van der Waals surface area contributed by atoms with E-state index in [0.29, 0.717) is 29.1 Å². The predicted molar refractivity (Wildman–Crippen MR) is 150 cm³/mol. The van der Waals surface area contributed by atoms with Crippen molar-refractivity contribution >= 4 is 41.5 Å². The maximum Gasteiger partial charge on any atom is 0.172 e. The third-order valence-corrected chi connectivity index (χ3v) is 7.04. The molecule has 0 amide bonds. The number of aryl methyl sites for hydroxylation is 1. The molecule has 0 unspecified atom stereocenters. The Morgan fingerprint density at radius 1 is 1.32 bits per heavy atom. The minimum Gasteiger partial charge on any atom is -0.353 e. The van der Waals surface area contributed by atoms with E-state index in [1.165, 1.54) is 18.4 Å². The van der Waals surface area contributed by atoms with Crippen LogP contribution in [0.1, 0.15) is 56.2 Å². The minimum atomic E-state index is -0.0253. The molecule has 5 rings (SSSR count). The summed E-state index contributed by atoms with van der Waals surface area (Å²) >= 11 is 6.34. The van der Waals surface area contributed by atoms with Crippen molar-refractivity contribution in [2.45, 2.75) is 58.2 Å². The van der Waals surface area contributed by atoms with Crippen LogP contribution in [0.5, 0.6) is 0 Å². The highest BCUT2D eigenvalue weighted by Crippen LogP contribution is 2.44. The molecule has 3 aromatic rings. The molecule has 3 aromatic heterocycles. The molecule has 0 aromatic carbocycles. The molecular weight excluding hydrogens is 486 g/mol. The Kier molecular flexibility index (Phi) is 7.26. The lowest BCUT2D eigenvalue weighted by molar-refractivity contribution is 0.225. The van der Waals surface area contributed by atoms with Crippen molar-refractivity contribution in [3.05, 3.63) is 58.6 Å². The van der Waals surface area contributed by atoms with Gasteiger partial charge in [0.25, 0.3) is 0 Å². The Morgan fingerprint density at radius 2 is 2.16 bits per heavy atom. The normalized spacial score (nSPS) is 17.6. The lowest BCUT2D eigenvalue weighted by Gasteiger charge is -2.41. The first kappa shape index (κ1) is 25.4.